The first-order valence-electron chi connectivity index (χ1n) is 10.1. The van der Waals surface area contributed by atoms with E-state index in [9.17, 15) is 14.4 Å². The van der Waals surface area contributed by atoms with E-state index in [1.807, 2.05) is 11.8 Å². The second-order valence-electron chi connectivity index (χ2n) is 7.73. The van der Waals surface area contributed by atoms with Crippen molar-refractivity contribution in [2.75, 3.05) is 26.2 Å². The summed E-state index contributed by atoms with van der Waals surface area (Å²) in [4.78, 5) is 48.7. The molecule has 1 atom stereocenters. The van der Waals surface area contributed by atoms with Crippen LogP contribution in [0.5, 0.6) is 0 Å². The summed E-state index contributed by atoms with van der Waals surface area (Å²) in [7, 11) is 0. The van der Waals surface area contributed by atoms with Gasteiger partial charge < -0.3 is 15.5 Å². The average molecular weight is 387 g/mol. The van der Waals surface area contributed by atoms with Crippen LogP contribution in [0.3, 0.4) is 0 Å². The maximum absolute atomic E-state index is 12.7. The van der Waals surface area contributed by atoms with Crippen LogP contribution in [0.2, 0.25) is 0 Å². The van der Waals surface area contributed by atoms with Crippen molar-refractivity contribution in [3.05, 3.63) is 23.3 Å². The summed E-state index contributed by atoms with van der Waals surface area (Å²) in [5.41, 5.74) is 6.40. The molecular weight excluding hydrogens is 358 g/mol. The highest BCUT2D eigenvalue weighted by molar-refractivity contribution is 5.95. The molecule has 2 aliphatic rings. The Kier molecular flexibility index (Phi) is 6.59. The highest BCUT2D eigenvalue weighted by atomic mass is 16.2. The van der Waals surface area contributed by atoms with Crippen molar-refractivity contribution in [1.82, 2.24) is 19.8 Å². The molecule has 3 rings (SSSR count). The summed E-state index contributed by atoms with van der Waals surface area (Å²) in [6.45, 7) is 4.66. The second kappa shape index (κ2) is 9.12. The van der Waals surface area contributed by atoms with Crippen LogP contribution in [-0.2, 0) is 9.59 Å². The van der Waals surface area contributed by atoms with Crippen molar-refractivity contribution < 1.29 is 14.4 Å². The summed E-state index contributed by atoms with van der Waals surface area (Å²) in [6, 6.07) is 0. The first-order chi connectivity index (χ1) is 13.5. The van der Waals surface area contributed by atoms with Gasteiger partial charge in [-0.1, -0.05) is 0 Å². The van der Waals surface area contributed by atoms with E-state index in [-0.39, 0.29) is 30.6 Å². The Hall–Kier alpha value is -2.51. The minimum atomic E-state index is -0.463. The van der Waals surface area contributed by atoms with Crippen LogP contribution in [0.4, 0.5) is 0 Å². The molecule has 2 saturated heterocycles. The number of rotatable bonds is 5. The summed E-state index contributed by atoms with van der Waals surface area (Å²) in [5, 5.41) is 0. The van der Waals surface area contributed by atoms with Gasteiger partial charge in [-0.3, -0.25) is 14.4 Å². The maximum Gasteiger partial charge on any atom is 0.257 e. The molecular formula is C20H29N5O3. The number of likely N-dealkylation sites (tertiary alicyclic amines) is 2. The topological polar surface area (TPSA) is 109 Å². The monoisotopic (exact) mass is 387 g/mol. The SMILES string of the molecule is Cc1nc(C2CCCN(C(=O)CCC(N)=O)C2)ncc1C(=O)N1CCCCC1. The van der Waals surface area contributed by atoms with Gasteiger partial charge in [-0.2, -0.15) is 0 Å². The lowest BCUT2D eigenvalue weighted by Gasteiger charge is -2.32. The number of aryl methyl sites for hydroxylation is 1. The van der Waals surface area contributed by atoms with Crippen LogP contribution >= 0.6 is 0 Å². The standard InChI is InChI=1S/C20H29N5O3/c1-14-16(20(28)24-9-3-2-4-10-24)12-22-19(23-14)15-6-5-11-25(13-15)18(27)8-7-17(21)26/h12,15H,2-11,13H2,1H3,(H2,21,26). The zero-order valence-electron chi connectivity index (χ0n) is 16.5. The summed E-state index contributed by atoms with van der Waals surface area (Å²) in [5.74, 6) is 0.215. The number of hydrogen-bond donors (Lipinski definition) is 1. The number of primary amides is 1. The van der Waals surface area contributed by atoms with Gasteiger partial charge in [-0.05, 0) is 39.0 Å². The first kappa shape index (κ1) is 20.2. The van der Waals surface area contributed by atoms with E-state index in [1.54, 1.807) is 11.1 Å². The van der Waals surface area contributed by atoms with Gasteiger partial charge in [-0.15, -0.1) is 0 Å². The van der Waals surface area contributed by atoms with Crippen LogP contribution in [0.25, 0.3) is 0 Å². The fourth-order valence-corrected chi connectivity index (χ4v) is 3.96. The Labute approximate surface area is 165 Å². The molecule has 1 aromatic rings. The summed E-state index contributed by atoms with van der Waals surface area (Å²) in [6.07, 6.45) is 6.89. The number of nitrogens with two attached hydrogens (primary N) is 1. The van der Waals surface area contributed by atoms with Crippen molar-refractivity contribution >= 4 is 17.7 Å². The van der Waals surface area contributed by atoms with E-state index in [1.165, 1.54) is 6.42 Å². The molecule has 1 aromatic heterocycles. The molecule has 3 amide bonds. The Morgan fingerprint density at radius 2 is 1.79 bits per heavy atom. The molecule has 0 aliphatic carbocycles. The van der Waals surface area contributed by atoms with Gasteiger partial charge in [0, 0.05) is 51.1 Å². The summed E-state index contributed by atoms with van der Waals surface area (Å²) < 4.78 is 0. The number of aromatic nitrogens is 2. The van der Waals surface area contributed by atoms with Crippen molar-refractivity contribution in [3.8, 4) is 0 Å². The van der Waals surface area contributed by atoms with Crippen LogP contribution in [0.1, 0.15) is 72.7 Å². The smallest absolute Gasteiger partial charge is 0.257 e. The average Bonchev–Trinajstić information content (AvgIpc) is 2.72. The molecule has 0 spiro atoms. The fourth-order valence-electron chi connectivity index (χ4n) is 3.96. The lowest BCUT2D eigenvalue weighted by Crippen LogP contribution is -2.40. The zero-order chi connectivity index (χ0) is 20.1. The summed E-state index contributed by atoms with van der Waals surface area (Å²) >= 11 is 0. The van der Waals surface area contributed by atoms with Gasteiger partial charge in [0.05, 0.1) is 11.3 Å². The van der Waals surface area contributed by atoms with Crippen LogP contribution in [0, 0.1) is 6.92 Å². The molecule has 2 fully saturated rings. The molecule has 1 unspecified atom stereocenters. The molecule has 8 nitrogen and oxygen atoms in total. The molecule has 3 heterocycles. The Morgan fingerprint density at radius 3 is 2.46 bits per heavy atom. The maximum atomic E-state index is 12.7. The predicted octanol–water partition coefficient (Wildman–Crippen LogP) is 1.38. The van der Waals surface area contributed by atoms with E-state index in [0.29, 0.717) is 30.2 Å². The third-order valence-corrected chi connectivity index (χ3v) is 5.60. The predicted molar refractivity (Wildman–Crippen MR) is 104 cm³/mol. The lowest BCUT2D eigenvalue weighted by molar-refractivity contribution is -0.134. The molecule has 8 heteroatoms. The van der Waals surface area contributed by atoms with E-state index < -0.39 is 5.91 Å². The third kappa shape index (κ3) is 4.85. The number of carbonyl (C=O) groups is 3. The van der Waals surface area contributed by atoms with E-state index >= 15 is 0 Å². The van der Waals surface area contributed by atoms with Gasteiger partial charge in [0.25, 0.3) is 5.91 Å². The van der Waals surface area contributed by atoms with E-state index in [2.05, 4.69) is 9.97 Å². The van der Waals surface area contributed by atoms with Crippen LogP contribution in [0.15, 0.2) is 6.20 Å². The Balaban J connectivity index is 1.66. The molecule has 0 radical (unpaired) electrons. The molecule has 28 heavy (non-hydrogen) atoms. The first-order valence-corrected chi connectivity index (χ1v) is 10.1. The van der Waals surface area contributed by atoms with Crippen molar-refractivity contribution in [2.24, 2.45) is 5.73 Å². The van der Waals surface area contributed by atoms with Gasteiger partial charge in [0.1, 0.15) is 5.82 Å². The normalized spacial score (nSPS) is 20.1. The molecule has 152 valence electrons. The van der Waals surface area contributed by atoms with Crippen molar-refractivity contribution in [1.29, 1.82) is 0 Å². The zero-order valence-corrected chi connectivity index (χ0v) is 16.5. The third-order valence-electron chi connectivity index (χ3n) is 5.60. The molecule has 2 aliphatic heterocycles. The number of hydrogen-bond acceptors (Lipinski definition) is 5. The quantitative estimate of drug-likeness (QED) is 0.821. The van der Waals surface area contributed by atoms with Gasteiger partial charge in [0.15, 0.2) is 0 Å². The molecule has 0 aromatic carbocycles. The van der Waals surface area contributed by atoms with E-state index in [4.69, 9.17) is 5.73 Å². The highest BCUT2D eigenvalue weighted by Gasteiger charge is 2.28. The van der Waals surface area contributed by atoms with Gasteiger partial charge in [-0.25, -0.2) is 9.97 Å². The minimum absolute atomic E-state index is 0.00986. The fraction of sp³-hybridized carbons (Fsp3) is 0.650. The molecule has 2 N–H and O–H groups in total. The number of amides is 3. The number of piperidine rings is 2. The largest absolute Gasteiger partial charge is 0.370 e. The lowest BCUT2D eigenvalue weighted by atomic mass is 9.96. The molecule has 0 saturated carbocycles. The van der Waals surface area contributed by atoms with Crippen molar-refractivity contribution in [3.63, 3.8) is 0 Å². The Morgan fingerprint density at radius 1 is 1.07 bits per heavy atom. The number of carbonyl (C=O) groups excluding carboxylic acids is 3. The van der Waals surface area contributed by atoms with Crippen LogP contribution < -0.4 is 5.73 Å². The van der Waals surface area contributed by atoms with Gasteiger partial charge >= 0.3 is 0 Å². The van der Waals surface area contributed by atoms with E-state index in [0.717, 1.165) is 38.8 Å². The van der Waals surface area contributed by atoms with Crippen molar-refractivity contribution in [2.45, 2.75) is 57.8 Å². The Bertz CT molecular complexity index is 745. The highest BCUT2D eigenvalue weighted by Crippen LogP contribution is 2.26. The van der Waals surface area contributed by atoms with Gasteiger partial charge in [0.2, 0.25) is 11.8 Å². The number of nitrogens with zero attached hydrogens (tertiary/aromatic N) is 4. The minimum Gasteiger partial charge on any atom is -0.370 e. The molecule has 0 bridgehead atoms. The van der Waals surface area contributed by atoms with Crippen LogP contribution in [-0.4, -0.2) is 63.7 Å². The second-order valence-corrected chi connectivity index (χ2v) is 7.73.